The maximum absolute atomic E-state index is 6.50. The molecule has 0 aliphatic heterocycles. The van der Waals surface area contributed by atoms with Crippen molar-refractivity contribution in [2.45, 2.75) is 51.3 Å². The third-order valence-electron chi connectivity index (χ3n) is 3.01. The minimum absolute atomic E-state index is 0.123. The Kier molecular flexibility index (Phi) is 2.85. The van der Waals surface area contributed by atoms with Crippen molar-refractivity contribution in [3.8, 4) is 0 Å². The van der Waals surface area contributed by atoms with E-state index in [2.05, 4.69) is 20.8 Å². The average Bonchev–Trinajstić information content (AvgIpc) is 1.86. The second-order valence-electron chi connectivity index (χ2n) is 4.39. The summed E-state index contributed by atoms with van der Waals surface area (Å²) >= 11 is 6.50. The van der Waals surface area contributed by atoms with Gasteiger partial charge in [0.05, 0.1) is 0 Å². The summed E-state index contributed by atoms with van der Waals surface area (Å²) in [5.74, 6) is 1.47. The van der Waals surface area contributed by atoms with Crippen LogP contribution in [0.1, 0.15) is 46.5 Å². The quantitative estimate of drug-likeness (QED) is 0.530. The summed E-state index contributed by atoms with van der Waals surface area (Å²) in [7, 11) is 0. The summed E-state index contributed by atoms with van der Waals surface area (Å²) in [6, 6.07) is 0. The molecule has 0 amide bonds. The predicted molar refractivity (Wildman–Crippen MR) is 51.1 cm³/mol. The predicted octanol–water partition coefficient (Wildman–Crippen LogP) is 3.83. The molecule has 0 N–H and O–H groups in total. The summed E-state index contributed by atoms with van der Waals surface area (Å²) in [6.45, 7) is 6.80. The summed E-state index contributed by atoms with van der Waals surface area (Å²) in [5.41, 5.74) is 0. The highest BCUT2D eigenvalue weighted by Crippen LogP contribution is 2.42. The average molecular weight is 175 g/mol. The van der Waals surface area contributed by atoms with Crippen LogP contribution >= 0.6 is 11.6 Å². The van der Waals surface area contributed by atoms with Gasteiger partial charge in [0.2, 0.25) is 0 Å². The standard InChI is InChI=1S/C10H19Cl/c1-8(2)10(11)6-4-5-9(3)7-10/h8-9H,4-7H2,1-3H3. The van der Waals surface area contributed by atoms with Gasteiger partial charge in [-0.15, -0.1) is 11.6 Å². The smallest absolute Gasteiger partial charge is 0.0472 e. The van der Waals surface area contributed by atoms with E-state index in [0.717, 1.165) is 5.92 Å². The van der Waals surface area contributed by atoms with Crippen molar-refractivity contribution in [1.82, 2.24) is 0 Å². The van der Waals surface area contributed by atoms with Gasteiger partial charge in [0.15, 0.2) is 0 Å². The van der Waals surface area contributed by atoms with E-state index in [1.165, 1.54) is 25.7 Å². The van der Waals surface area contributed by atoms with Crippen molar-refractivity contribution in [3.05, 3.63) is 0 Å². The molecule has 0 aromatic heterocycles. The molecule has 2 atom stereocenters. The Balaban J connectivity index is 2.55. The zero-order valence-electron chi connectivity index (χ0n) is 7.86. The molecule has 0 nitrogen and oxygen atoms in total. The minimum Gasteiger partial charge on any atom is -0.119 e. The molecule has 0 spiro atoms. The highest BCUT2D eigenvalue weighted by atomic mass is 35.5. The molecule has 0 radical (unpaired) electrons. The van der Waals surface area contributed by atoms with E-state index in [1.54, 1.807) is 0 Å². The van der Waals surface area contributed by atoms with E-state index < -0.39 is 0 Å². The minimum atomic E-state index is 0.123. The van der Waals surface area contributed by atoms with E-state index in [1.807, 2.05) is 0 Å². The summed E-state index contributed by atoms with van der Waals surface area (Å²) in [5, 5.41) is 0. The molecule has 1 aliphatic rings. The van der Waals surface area contributed by atoms with Gasteiger partial charge < -0.3 is 0 Å². The van der Waals surface area contributed by atoms with Crippen LogP contribution < -0.4 is 0 Å². The van der Waals surface area contributed by atoms with Crippen LogP contribution in [0.15, 0.2) is 0 Å². The van der Waals surface area contributed by atoms with Crippen LogP contribution in [0.25, 0.3) is 0 Å². The third kappa shape index (κ3) is 2.11. The second kappa shape index (κ2) is 3.35. The van der Waals surface area contributed by atoms with E-state index in [-0.39, 0.29) is 4.87 Å². The van der Waals surface area contributed by atoms with Crippen LogP contribution in [0.4, 0.5) is 0 Å². The van der Waals surface area contributed by atoms with Crippen molar-refractivity contribution in [2.75, 3.05) is 0 Å². The molecule has 66 valence electrons. The Morgan fingerprint density at radius 1 is 1.45 bits per heavy atom. The summed E-state index contributed by atoms with van der Waals surface area (Å²) in [4.78, 5) is 0.123. The van der Waals surface area contributed by atoms with Crippen LogP contribution in [0.5, 0.6) is 0 Å². The van der Waals surface area contributed by atoms with Crippen LogP contribution in [0.3, 0.4) is 0 Å². The Morgan fingerprint density at radius 3 is 2.45 bits per heavy atom. The Labute approximate surface area is 75.3 Å². The number of halogens is 1. The van der Waals surface area contributed by atoms with Crippen molar-refractivity contribution in [1.29, 1.82) is 0 Å². The molecule has 0 heterocycles. The highest BCUT2D eigenvalue weighted by molar-refractivity contribution is 6.24. The monoisotopic (exact) mass is 174 g/mol. The van der Waals surface area contributed by atoms with Gasteiger partial charge >= 0.3 is 0 Å². The fourth-order valence-electron chi connectivity index (χ4n) is 2.05. The Morgan fingerprint density at radius 2 is 2.09 bits per heavy atom. The van der Waals surface area contributed by atoms with E-state index >= 15 is 0 Å². The van der Waals surface area contributed by atoms with Crippen LogP contribution in [-0.4, -0.2) is 4.87 Å². The molecule has 0 aromatic carbocycles. The lowest BCUT2D eigenvalue weighted by atomic mass is 9.76. The van der Waals surface area contributed by atoms with Gasteiger partial charge in [-0.1, -0.05) is 33.6 Å². The van der Waals surface area contributed by atoms with Gasteiger partial charge in [0.1, 0.15) is 0 Å². The maximum Gasteiger partial charge on any atom is 0.0472 e. The number of hydrogen-bond acceptors (Lipinski definition) is 0. The number of hydrogen-bond donors (Lipinski definition) is 0. The Bertz CT molecular complexity index is 131. The van der Waals surface area contributed by atoms with Gasteiger partial charge in [-0.25, -0.2) is 0 Å². The lowest BCUT2D eigenvalue weighted by Crippen LogP contribution is -2.33. The van der Waals surface area contributed by atoms with E-state index in [4.69, 9.17) is 11.6 Å². The lowest BCUT2D eigenvalue weighted by Gasteiger charge is -2.38. The molecule has 11 heavy (non-hydrogen) atoms. The van der Waals surface area contributed by atoms with Crippen molar-refractivity contribution in [3.63, 3.8) is 0 Å². The topological polar surface area (TPSA) is 0 Å². The molecule has 1 fully saturated rings. The zero-order chi connectivity index (χ0) is 8.48. The van der Waals surface area contributed by atoms with Gasteiger partial charge in [0, 0.05) is 4.87 Å². The molecule has 0 saturated heterocycles. The van der Waals surface area contributed by atoms with Gasteiger partial charge in [-0.3, -0.25) is 0 Å². The normalized spacial score (nSPS) is 39.5. The molecule has 1 aliphatic carbocycles. The lowest BCUT2D eigenvalue weighted by molar-refractivity contribution is 0.253. The fourth-order valence-corrected chi connectivity index (χ4v) is 2.45. The van der Waals surface area contributed by atoms with Gasteiger partial charge in [-0.05, 0) is 24.7 Å². The molecular weight excluding hydrogens is 156 g/mol. The maximum atomic E-state index is 6.50. The van der Waals surface area contributed by atoms with E-state index in [0.29, 0.717) is 5.92 Å². The van der Waals surface area contributed by atoms with Crippen LogP contribution in [0, 0.1) is 11.8 Å². The molecule has 1 rings (SSSR count). The van der Waals surface area contributed by atoms with E-state index in [9.17, 15) is 0 Å². The molecule has 0 bridgehead atoms. The van der Waals surface area contributed by atoms with Crippen molar-refractivity contribution < 1.29 is 0 Å². The Hall–Kier alpha value is 0.290. The molecule has 1 saturated carbocycles. The second-order valence-corrected chi connectivity index (χ2v) is 5.14. The fraction of sp³-hybridized carbons (Fsp3) is 1.00. The molecular formula is C10H19Cl. The SMILES string of the molecule is CC1CCCC(Cl)(C(C)C)C1. The number of rotatable bonds is 1. The first-order chi connectivity index (χ1) is 5.04. The van der Waals surface area contributed by atoms with Crippen LogP contribution in [-0.2, 0) is 0 Å². The van der Waals surface area contributed by atoms with Crippen molar-refractivity contribution >= 4 is 11.6 Å². The zero-order valence-corrected chi connectivity index (χ0v) is 8.62. The van der Waals surface area contributed by atoms with Crippen LogP contribution in [0.2, 0.25) is 0 Å². The number of alkyl halides is 1. The highest BCUT2D eigenvalue weighted by Gasteiger charge is 2.35. The first-order valence-corrected chi connectivity index (χ1v) is 5.11. The largest absolute Gasteiger partial charge is 0.119 e. The molecule has 2 unspecified atom stereocenters. The first kappa shape index (κ1) is 9.38. The van der Waals surface area contributed by atoms with Crippen molar-refractivity contribution in [2.24, 2.45) is 11.8 Å². The van der Waals surface area contributed by atoms with Gasteiger partial charge in [0.25, 0.3) is 0 Å². The molecule has 0 aromatic rings. The third-order valence-corrected chi connectivity index (χ3v) is 3.79. The van der Waals surface area contributed by atoms with Gasteiger partial charge in [-0.2, -0.15) is 0 Å². The summed E-state index contributed by atoms with van der Waals surface area (Å²) < 4.78 is 0. The summed E-state index contributed by atoms with van der Waals surface area (Å²) in [6.07, 6.45) is 5.13. The first-order valence-electron chi connectivity index (χ1n) is 4.73. The molecule has 1 heteroatoms.